The lowest BCUT2D eigenvalue weighted by Crippen LogP contribution is -2.40. The van der Waals surface area contributed by atoms with Gasteiger partial charge in [-0.15, -0.1) is 0 Å². The van der Waals surface area contributed by atoms with Gasteiger partial charge >= 0.3 is 0 Å². The zero-order valence-corrected chi connectivity index (χ0v) is 15.8. The van der Waals surface area contributed by atoms with Gasteiger partial charge in [-0.1, -0.05) is 25.0 Å². The van der Waals surface area contributed by atoms with Crippen molar-refractivity contribution in [2.24, 2.45) is 11.8 Å². The molecular weight excluding hydrogens is 326 g/mol. The molecule has 1 saturated heterocycles. The van der Waals surface area contributed by atoms with Gasteiger partial charge in [-0.25, -0.2) is 0 Å². The van der Waals surface area contributed by atoms with E-state index in [0.717, 1.165) is 56.4 Å². The largest absolute Gasteiger partial charge is 0.352 e. The Kier molecular flexibility index (Phi) is 6.67. The molecule has 0 atom stereocenters. The minimum atomic E-state index is 0.120. The summed E-state index contributed by atoms with van der Waals surface area (Å²) in [5.41, 5.74) is 1.78. The van der Waals surface area contributed by atoms with Crippen molar-refractivity contribution in [2.45, 2.75) is 45.1 Å². The number of likely N-dealkylation sites (tertiary alicyclic amines) is 1. The maximum Gasteiger partial charge on any atom is 0.253 e. The molecule has 0 spiro atoms. The molecular formula is C21H31N3O2. The first-order chi connectivity index (χ1) is 12.7. The minimum absolute atomic E-state index is 0.120. The zero-order chi connectivity index (χ0) is 18.4. The van der Waals surface area contributed by atoms with Gasteiger partial charge in [-0.2, -0.15) is 0 Å². The average Bonchev–Trinajstić information content (AvgIpc) is 3.22. The smallest absolute Gasteiger partial charge is 0.253 e. The van der Waals surface area contributed by atoms with Gasteiger partial charge in [0, 0.05) is 31.1 Å². The van der Waals surface area contributed by atoms with E-state index in [2.05, 4.69) is 10.6 Å². The molecule has 2 fully saturated rings. The molecule has 0 aromatic heterocycles. The lowest BCUT2D eigenvalue weighted by Gasteiger charge is -2.32. The molecule has 2 aliphatic rings. The highest BCUT2D eigenvalue weighted by molar-refractivity contribution is 5.94. The van der Waals surface area contributed by atoms with Gasteiger partial charge in [0.25, 0.3) is 5.91 Å². The molecule has 1 heterocycles. The number of rotatable bonds is 6. The Morgan fingerprint density at radius 3 is 2.31 bits per heavy atom. The summed E-state index contributed by atoms with van der Waals surface area (Å²) in [6.07, 6.45) is 6.51. The van der Waals surface area contributed by atoms with Crippen molar-refractivity contribution in [3.63, 3.8) is 0 Å². The lowest BCUT2D eigenvalue weighted by atomic mass is 9.96. The molecule has 0 radical (unpaired) electrons. The van der Waals surface area contributed by atoms with Crippen molar-refractivity contribution in [3.05, 3.63) is 35.4 Å². The number of hydrogen-bond donors (Lipinski definition) is 2. The van der Waals surface area contributed by atoms with Crippen LogP contribution in [0.1, 0.15) is 54.4 Å². The van der Waals surface area contributed by atoms with E-state index in [0.29, 0.717) is 12.5 Å². The number of nitrogens with zero attached hydrogens (tertiary/aromatic N) is 1. The van der Waals surface area contributed by atoms with Gasteiger partial charge in [-0.3, -0.25) is 9.59 Å². The highest BCUT2D eigenvalue weighted by Crippen LogP contribution is 2.24. The first kappa shape index (κ1) is 18.9. The van der Waals surface area contributed by atoms with Crippen molar-refractivity contribution in [1.82, 2.24) is 15.5 Å². The van der Waals surface area contributed by atoms with Crippen LogP contribution in [0, 0.1) is 11.8 Å². The summed E-state index contributed by atoms with van der Waals surface area (Å²) in [6.45, 7) is 3.25. The fourth-order valence-corrected chi connectivity index (χ4v) is 4.10. The second-order valence-electron chi connectivity index (χ2n) is 7.69. The van der Waals surface area contributed by atoms with Crippen LogP contribution in [0.25, 0.3) is 0 Å². The first-order valence-electron chi connectivity index (χ1n) is 9.98. The van der Waals surface area contributed by atoms with Crippen LogP contribution in [-0.4, -0.2) is 43.4 Å². The second kappa shape index (κ2) is 9.17. The van der Waals surface area contributed by atoms with E-state index in [1.165, 1.54) is 12.8 Å². The summed E-state index contributed by atoms with van der Waals surface area (Å²) in [5, 5.41) is 6.25. The van der Waals surface area contributed by atoms with Crippen molar-refractivity contribution in [1.29, 1.82) is 0 Å². The van der Waals surface area contributed by atoms with Crippen LogP contribution < -0.4 is 10.6 Å². The minimum Gasteiger partial charge on any atom is -0.352 e. The normalized spacial score (nSPS) is 18.9. The monoisotopic (exact) mass is 357 g/mol. The molecule has 3 rings (SSSR count). The standard InChI is InChI=1S/C21H31N3O2/c1-22-14-17-10-12-24(13-11-17)21(26)19-8-6-16(7-9-19)15-23-20(25)18-4-2-3-5-18/h6-9,17-18,22H,2-5,10-15H2,1H3,(H,23,25). The molecule has 1 aromatic rings. The summed E-state index contributed by atoms with van der Waals surface area (Å²) in [7, 11) is 1.98. The van der Waals surface area contributed by atoms with Crippen LogP contribution in [0.5, 0.6) is 0 Å². The number of nitrogens with one attached hydrogen (secondary N) is 2. The Morgan fingerprint density at radius 2 is 1.69 bits per heavy atom. The molecule has 1 aliphatic carbocycles. The highest BCUT2D eigenvalue weighted by atomic mass is 16.2. The third-order valence-electron chi connectivity index (χ3n) is 5.79. The van der Waals surface area contributed by atoms with Crippen molar-refractivity contribution < 1.29 is 9.59 Å². The Labute approximate surface area is 156 Å². The molecule has 5 heteroatoms. The van der Waals surface area contributed by atoms with Crippen LogP contribution in [0.3, 0.4) is 0 Å². The fourth-order valence-electron chi connectivity index (χ4n) is 4.10. The van der Waals surface area contributed by atoms with E-state index in [9.17, 15) is 9.59 Å². The van der Waals surface area contributed by atoms with Gasteiger partial charge in [0.15, 0.2) is 0 Å². The van der Waals surface area contributed by atoms with E-state index in [-0.39, 0.29) is 17.7 Å². The van der Waals surface area contributed by atoms with Crippen molar-refractivity contribution in [3.8, 4) is 0 Å². The Balaban J connectivity index is 1.47. The van der Waals surface area contributed by atoms with Crippen molar-refractivity contribution >= 4 is 11.8 Å². The van der Waals surface area contributed by atoms with Crippen LogP contribution in [0.4, 0.5) is 0 Å². The predicted molar refractivity (Wildman–Crippen MR) is 103 cm³/mol. The number of carbonyl (C=O) groups is 2. The van der Waals surface area contributed by atoms with E-state index in [4.69, 9.17) is 0 Å². The molecule has 1 aliphatic heterocycles. The molecule has 5 nitrogen and oxygen atoms in total. The molecule has 0 unspecified atom stereocenters. The van der Waals surface area contributed by atoms with Crippen LogP contribution in [0.2, 0.25) is 0 Å². The molecule has 0 bridgehead atoms. The number of hydrogen-bond acceptors (Lipinski definition) is 3. The quantitative estimate of drug-likeness (QED) is 0.823. The van der Waals surface area contributed by atoms with Gasteiger partial charge < -0.3 is 15.5 Å². The Hall–Kier alpha value is -1.88. The van der Waals surface area contributed by atoms with Gasteiger partial charge in [-0.05, 0) is 62.9 Å². The van der Waals surface area contributed by atoms with Gasteiger partial charge in [0.1, 0.15) is 0 Å². The second-order valence-corrected chi connectivity index (χ2v) is 7.69. The van der Waals surface area contributed by atoms with E-state index < -0.39 is 0 Å². The summed E-state index contributed by atoms with van der Waals surface area (Å²) < 4.78 is 0. The maximum absolute atomic E-state index is 12.7. The number of piperidine rings is 1. The fraction of sp³-hybridized carbons (Fsp3) is 0.619. The van der Waals surface area contributed by atoms with E-state index >= 15 is 0 Å². The molecule has 1 saturated carbocycles. The lowest BCUT2D eigenvalue weighted by molar-refractivity contribution is -0.124. The molecule has 1 aromatic carbocycles. The predicted octanol–water partition coefficient (Wildman–Crippen LogP) is 2.56. The Bertz CT molecular complexity index is 600. The topological polar surface area (TPSA) is 61.4 Å². The third-order valence-corrected chi connectivity index (χ3v) is 5.79. The number of amides is 2. The highest BCUT2D eigenvalue weighted by Gasteiger charge is 2.24. The maximum atomic E-state index is 12.7. The van der Waals surface area contributed by atoms with E-state index in [1.54, 1.807) is 0 Å². The average molecular weight is 357 g/mol. The number of benzene rings is 1. The van der Waals surface area contributed by atoms with Gasteiger partial charge in [0.2, 0.25) is 5.91 Å². The SMILES string of the molecule is CNCC1CCN(C(=O)c2ccc(CNC(=O)C3CCCC3)cc2)CC1. The van der Waals surface area contributed by atoms with Crippen LogP contribution >= 0.6 is 0 Å². The first-order valence-corrected chi connectivity index (χ1v) is 9.98. The summed E-state index contributed by atoms with van der Waals surface area (Å²) in [4.78, 5) is 26.7. The van der Waals surface area contributed by atoms with Crippen LogP contribution in [0.15, 0.2) is 24.3 Å². The summed E-state index contributed by atoms with van der Waals surface area (Å²) in [5.74, 6) is 1.16. The molecule has 2 N–H and O–H groups in total. The van der Waals surface area contributed by atoms with Crippen LogP contribution in [-0.2, 0) is 11.3 Å². The van der Waals surface area contributed by atoms with Gasteiger partial charge in [0.05, 0.1) is 0 Å². The number of carbonyl (C=O) groups excluding carboxylic acids is 2. The molecule has 142 valence electrons. The molecule has 2 amide bonds. The van der Waals surface area contributed by atoms with E-state index in [1.807, 2.05) is 36.2 Å². The third kappa shape index (κ3) is 4.85. The summed E-state index contributed by atoms with van der Waals surface area (Å²) in [6, 6.07) is 7.68. The van der Waals surface area contributed by atoms with Crippen molar-refractivity contribution in [2.75, 3.05) is 26.7 Å². The summed E-state index contributed by atoms with van der Waals surface area (Å²) >= 11 is 0. The molecule has 26 heavy (non-hydrogen) atoms. The Morgan fingerprint density at radius 1 is 1.04 bits per heavy atom. The zero-order valence-electron chi connectivity index (χ0n) is 15.8.